The van der Waals surface area contributed by atoms with Crippen molar-refractivity contribution in [1.29, 1.82) is 0 Å². The first kappa shape index (κ1) is 21.3. The number of pyridine rings is 1. The summed E-state index contributed by atoms with van der Waals surface area (Å²) in [4.78, 5) is 18.2. The highest BCUT2D eigenvalue weighted by Crippen LogP contribution is 2.25. The highest BCUT2D eigenvalue weighted by molar-refractivity contribution is 6.35. The molecule has 0 bridgehead atoms. The number of benzene rings is 1. The van der Waals surface area contributed by atoms with E-state index >= 15 is 0 Å². The van der Waals surface area contributed by atoms with Crippen molar-refractivity contribution in [2.45, 2.75) is 33.1 Å². The number of halogens is 2. The van der Waals surface area contributed by atoms with Crippen LogP contribution in [0.15, 0.2) is 58.7 Å². The second-order valence-corrected chi connectivity index (χ2v) is 7.21. The molecule has 0 amide bonds. The van der Waals surface area contributed by atoms with Crippen LogP contribution in [-0.2, 0) is 16.1 Å². The van der Waals surface area contributed by atoms with Crippen LogP contribution in [0.5, 0.6) is 0 Å². The molecule has 29 heavy (non-hydrogen) atoms. The van der Waals surface area contributed by atoms with Crippen LogP contribution in [0.2, 0.25) is 10.0 Å². The second kappa shape index (κ2) is 9.87. The fraction of sp³-hybridized carbons (Fsp3) is 0.286. The molecule has 8 heteroatoms. The van der Waals surface area contributed by atoms with E-state index in [-0.39, 0.29) is 11.8 Å². The van der Waals surface area contributed by atoms with Crippen molar-refractivity contribution in [3.05, 3.63) is 69.2 Å². The Morgan fingerprint density at radius 1 is 1.24 bits per heavy atom. The number of rotatable bonds is 8. The molecule has 0 N–H and O–H groups in total. The zero-order valence-corrected chi connectivity index (χ0v) is 17.7. The van der Waals surface area contributed by atoms with Crippen molar-refractivity contribution in [3.8, 4) is 11.1 Å². The molecule has 0 fully saturated rings. The number of oxime groups is 1. The van der Waals surface area contributed by atoms with Gasteiger partial charge < -0.3 is 9.57 Å². The molecule has 3 aromatic rings. The SMILES string of the molecule is CCOC(C)O/N=C\CC[n+]1cc(-c2cc(Cl)cc(Cl)c2)c(=O)n2ccccc21. The van der Waals surface area contributed by atoms with Crippen molar-refractivity contribution in [2.75, 3.05) is 6.61 Å². The highest BCUT2D eigenvalue weighted by Gasteiger charge is 2.17. The lowest BCUT2D eigenvalue weighted by molar-refractivity contribution is -0.672. The number of nitrogens with zero attached hydrogens (tertiary/aromatic N) is 3. The maximum absolute atomic E-state index is 13.0. The Bertz CT molecular complexity index is 1060. The Balaban J connectivity index is 1.92. The molecule has 0 aliphatic carbocycles. The minimum Gasteiger partial charge on any atom is -0.364 e. The van der Waals surface area contributed by atoms with Gasteiger partial charge in [0, 0.05) is 42.3 Å². The number of hydrogen-bond acceptors (Lipinski definition) is 4. The summed E-state index contributed by atoms with van der Waals surface area (Å²) >= 11 is 12.3. The van der Waals surface area contributed by atoms with Crippen LogP contribution >= 0.6 is 23.2 Å². The van der Waals surface area contributed by atoms with Gasteiger partial charge in [0.25, 0.3) is 5.65 Å². The van der Waals surface area contributed by atoms with Gasteiger partial charge in [-0.3, -0.25) is 0 Å². The molecule has 1 atom stereocenters. The fourth-order valence-electron chi connectivity index (χ4n) is 2.98. The topological polar surface area (TPSA) is 56.2 Å². The Morgan fingerprint density at radius 2 is 2.00 bits per heavy atom. The Labute approximate surface area is 178 Å². The number of ether oxygens (including phenoxy) is 1. The van der Waals surface area contributed by atoms with E-state index in [1.165, 1.54) is 0 Å². The summed E-state index contributed by atoms with van der Waals surface area (Å²) in [5.74, 6) is 0. The molecule has 1 unspecified atom stereocenters. The standard InChI is InChI=1S/C21H22Cl2N3O3/c1-3-28-15(2)29-24-8-6-9-25-14-19(16-11-17(22)13-18(23)12-16)21(27)26-10-5-4-7-20(25)26/h4-5,7-8,10-15H,3,6,9H2,1-2H3/q+1/b24-8-. The van der Waals surface area contributed by atoms with Gasteiger partial charge in [-0.15, -0.1) is 0 Å². The van der Waals surface area contributed by atoms with E-state index in [1.807, 2.05) is 35.9 Å². The average molecular weight is 435 g/mol. The molecule has 3 rings (SSSR count). The minimum absolute atomic E-state index is 0.141. The molecule has 0 saturated heterocycles. The van der Waals surface area contributed by atoms with Crippen molar-refractivity contribution in [3.63, 3.8) is 0 Å². The van der Waals surface area contributed by atoms with E-state index in [4.69, 9.17) is 32.8 Å². The van der Waals surface area contributed by atoms with Crippen LogP contribution < -0.4 is 10.1 Å². The number of hydrogen-bond donors (Lipinski definition) is 0. The Morgan fingerprint density at radius 3 is 2.72 bits per heavy atom. The first-order chi connectivity index (χ1) is 14.0. The third-order valence-corrected chi connectivity index (χ3v) is 4.66. The van der Waals surface area contributed by atoms with Crippen LogP contribution in [0.3, 0.4) is 0 Å². The van der Waals surface area contributed by atoms with Gasteiger partial charge in [0.05, 0.1) is 12.7 Å². The first-order valence-corrected chi connectivity index (χ1v) is 10.0. The molecule has 0 saturated carbocycles. The molecule has 0 spiro atoms. The van der Waals surface area contributed by atoms with E-state index in [1.54, 1.807) is 41.9 Å². The average Bonchev–Trinajstić information content (AvgIpc) is 2.69. The van der Waals surface area contributed by atoms with Gasteiger partial charge in [-0.25, -0.2) is 9.36 Å². The van der Waals surface area contributed by atoms with E-state index in [9.17, 15) is 4.79 Å². The van der Waals surface area contributed by atoms with Crippen LogP contribution in [0.25, 0.3) is 16.8 Å². The zero-order valence-electron chi connectivity index (χ0n) is 16.2. The lowest BCUT2D eigenvalue weighted by Gasteiger charge is -2.08. The lowest BCUT2D eigenvalue weighted by atomic mass is 10.1. The van der Waals surface area contributed by atoms with Crippen LogP contribution in [0.4, 0.5) is 0 Å². The van der Waals surface area contributed by atoms with E-state index in [0.717, 1.165) is 5.65 Å². The predicted molar refractivity (Wildman–Crippen MR) is 115 cm³/mol. The number of aromatic nitrogens is 2. The van der Waals surface area contributed by atoms with Crippen molar-refractivity contribution >= 4 is 35.1 Å². The maximum atomic E-state index is 13.0. The number of aryl methyl sites for hydroxylation is 1. The van der Waals surface area contributed by atoms with Crippen LogP contribution in [0.1, 0.15) is 20.3 Å². The molecule has 0 aliphatic heterocycles. The van der Waals surface area contributed by atoms with Crippen molar-refractivity contribution in [1.82, 2.24) is 4.40 Å². The lowest BCUT2D eigenvalue weighted by Crippen LogP contribution is -2.40. The Hall–Kier alpha value is -2.41. The van der Waals surface area contributed by atoms with Gasteiger partial charge in [-0.1, -0.05) is 34.4 Å². The summed E-state index contributed by atoms with van der Waals surface area (Å²) in [5.41, 5.74) is 1.81. The summed E-state index contributed by atoms with van der Waals surface area (Å²) in [6.07, 6.45) is 5.46. The normalized spacial score (nSPS) is 12.6. The Kier molecular flexibility index (Phi) is 7.25. The third kappa shape index (κ3) is 5.35. The molecular formula is C21H22Cl2N3O3+. The minimum atomic E-state index is -0.390. The first-order valence-electron chi connectivity index (χ1n) is 9.29. The van der Waals surface area contributed by atoms with Crippen molar-refractivity contribution < 1.29 is 14.1 Å². The quantitative estimate of drug-likeness (QED) is 0.229. The molecule has 1 aromatic carbocycles. The third-order valence-electron chi connectivity index (χ3n) is 4.22. The van der Waals surface area contributed by atoms with Gasteiger partial charge >= 0.3 is 5.56 Å². The molecular weight excluding hydrogens is 413 g/mol. The smallest absolute Gasteiger partial charge is 0.350 e. The van der Waals surface area contributed by atoms with Crippen LogP contribution in [-0.4, -0.2) is 23.5 Å². The zero-order chi connectivity index (χ0) is 20.8. The summed E-state index contributed by atoms with van der Waals surface area (Å²) in [7, 11) is 0. The molecule has 2 aromatic heterocycles. The van der Waals surface area contributed by atoms with Crippen molar-refractivity contribution in [2.24, 2.45) is 5.16 Å². The molecule has 0 radical (unpaired) electrons. The predicted octanol–water partition coefficient (Wildman–Crippen LogP) is 4.34. The number of fused-ring (bicyclic) bond motifs is 1. The molecule has 2 heterocycles. The monoisotopic (exact) mass is 434 g/mol. The van der Waals surface area contributed by atoms with E-state index in [0.29, 0.717) is 40.7 Å². The molecule has 152 valence electrons. The summed E-state index contributed by atoms with van der Waals surface area (Å²) < 4.78 is 8.86. The van der Waals surface area contributed by atoms with E-state index in [2.05, 4.69) is 5.16 Å². The largest absolute Gasteiger partial charge is 0.364 e. The van der Waals surface area contributed by atoms with Crippen LogP contribution in [0, 0.1) is 0 Å². The fourth-order valence-corrected chi connectivity index (χ4v) is 3.50. The van der Waals surface area contributed by atoms with Gasteiger partial charge in [0.15, 0.2) is 0 Å². The van der Waals surface area contributed by atoms with Gasteiger partial charge in [0.1, 0.15) is 11.8 Å². The van der Waals surface area contributed by atoms with Gasteiger partial charge in [-0.2, -0.15) is 4.40 Å². The second-order valence-electron chi connectivity index (χ2n) is 6.33. The summed E-state index contributed by atoms with van der Waals surface area (Å²) in [6.45, 7) is 4.85. The molecule has 0 aliphatic rings. The van der Waals surface area contributed by atoms with E-state index < -0.39 is 0 Å². The summed E-state index contributed by atoms with van der Waals surface area (Å²) in [6, 6.07) is 10.7. The van der Waals surface area contributed by atoms with Gasteiger partial charge in [-0.05, 0) is 36.8 Å². The van der Waals surface area contributed by atoms with Gasteiger partial charge in [0.2, 0.25) is 6.29 Å². The maximum Gasteiger partial charge on any atom is 0.350 e. The molecule has 6 nitrogen and oxygen atoms in total. The highest BCUT2D eigenvalue weighted by atomic mass is 35.5. The summed E-state index contributed by atoms with van der Waals surface area (Å²) in [5, 5.41) is 4.89.